The normalized spacial score (nSPS) is 12.9. The number of carbonyl (C=O) groups is 3. The summed E-state index contributed by atoms with van der Waals surface area (Å²) in [6, 6.07) is 12.7. The van der Waals surface area contributed by atoms with Gasteiger partial charge in [0.15, 0.2) is 6.61 Å². The second kappa shape index (κ2) is 10.4. The third-order valence-electron chi connectivity index (χ3n) is 5.14. The van der Waals surface area contributed by atoms with E-state index in [1.807, 2.05) is 4.90 Å². The third kappa shape index (κ3) is 5.60. The van der Waals surface area contributed by atoms with E-state index in [1.54, 1.807) is 30.3 Å². The molecule has 0 radical (unpaired) electrons. The van der Waals surface area contributed by atoms with Crippen molar-refractivity contribution in [2.75, 3.05) is 36.0 Å². The highest BCUT2D eigenvalue weighted by molar-refractivity contribution is 6.00. The van der Waals surface area contributed by atoms with Gasteiger partial charge < -0.3 is 20.3 Å². The van der Waals surface area contributed by atoms with Crippen LogP contribution in [0.4, 0.5) is 17.1 Å². The summed E-state index contributed by atoms with van der Waals surface area (Å²) in [6.07, 6.45) is 1.85. The molecule has 1 saturated heterocycles. The average Bonchev–Trinajstić information content (AvgIpc) is 3.32. The highest BCUT2D eigenvalue weighted by atomic mass is 16.6. The first-order valence-corrected chi connectivity index (χ1v) is 10.2. The Morgan fingerprint density at radius 1 is 1.09 bits per heavy atom. The summed E-state index contributed by atoms with van der Waals surface area (Å²) in [4.78, 5) is 50.7. The number of nitrogens with zero attached hydrogens (tertiary/aromatic N) is 3. The molecule has 1 fully saturated rings. The number of para-hydroxylation sites is 1. The van der Waals surface area contributed by atoms with Gasteiger partial charge in [0.1, 0.15) is 0 Å². The van der Waals surface area contributed by atoms with E-state index < -0.39 is 29.3 Å². The lowest BCUT2D eigenvalue weighted by atomic mass is 10.1. The first kappa shape index (κ1) is 22.7. The second-order valence-electron chi connectivity index (χ2n) is 7.33. The summed E-state index contributed by atoms with van der Waals surface area (Å²) in [7, 11) is 0. The molecule has 2 amide bonds. The Labute approximate surface area is 184 Å². The second-order valence-corrected chi connectivity index (χ2v) is 7.33. The number of benzene rings is 2. The SMILES string of the molecule is NC(=O)CCN(C(=O)COC(=O)c1cc([N+](=O)[O-])ccc1N1CCCC1)c1ccccc1. The van der Waals surface area contributed by atoms with Gasteiger partial charge in [0, 0.05) is 43.9 Å². The lowest BCUT2D eigenvalue weighted by Crippen LogP contribution is -2.37. The Morgan fingerprint density at radius 3 is 2.41 bits per heavy atom. The highest BCUT2D eigenvalue weighted by Gasteiger charge is 2.25. The van der Waals surface area contributed by atoms with E-state index in [2.05, 4.69) is 0 Å². The minimum atomic E-state index is -0.827. The van der Waals surface area contributed by atoms with Gasteiger partial charge in [-0.2, -0.15) is 0 Å². The number of nitro groups is 1. The van der Waals surface area contributed by atoms with Crippen molar-refractivity contribution in [3.8, 4) is 0 Å². The van der Waals surface area contributed by atoms with E-state index in [9.17, 15) is 24.5 Å². The highest BCUT2D eigenvalue weighted by Crippen LogP contribution is 2.29. The zero-order valence-electron chi connectivity index (χ0n) is 17.4. The van der Waals surface area contributed by atoms with Gasteiger partial charge in [0.05, 0.1) is 16.2 Å². The van der Waals surface area contributed by atoms with Crippen LogP contribution in [0.3, 0.4) is 0 Å². The van der Waals surface area contributed by atoms with Crippen LogP contribution in [-0.4, -0.2) is 48.9 Å². The lowest BCUT2D eigenvalue weighted by Gasteiger charge is -2.23. The van der Waals surface area contributed by atoms with Crippen LogP contribution in [0.15, 0.2) is 48.5 Å². The first-order chi connectivity index (χ1) is 15.4. The van der Waals surface area contributed by atoms with Crippen LogP contribution in [0, 0.1) is 10.1 Å². The maximum absolute atomic E-state index is 12.8. The van der Waals surface area contributed by atoms with Gasteiger partial charge in [-0.3, -0.25) is 19.7 Å². The fourth-order valence-corrected chi connectivity index (χ4v) is 3.55. The van der Waals surface area contributed by atoms with Crippen LogP contribution in [0.5, 0.6) is 0 Å². The molecular weight excluding hydrogens is 416 g/mol. The molecule has 10 nitrogen and oxygen atoms in total. The molecule has 0 aromatic heterocycles. The molecule has 0 spiro atoms. The van der Waals surface area contributed by atoms with Crippen molar-refractivity contribution in [3.63, 3.8) is 0 Å². The predicted molar refractivity (Wildman–Crippen MR) is 117 cm³/mol. The molecule has 2 aromatic carbocycles. The molecule has 1 heterocycles. The summed E-state index contributed by atoms with van der Waals surface area (Å²) >= 11 is 0. The minimum absolute atomic E-state index is 0.0333. The van der Waals surface area contributed by atoms with E-state index in [-0.39, 0.29) is 24.2 Å². The zero-order chi connectivity index (χ0) is 23.1. The number of hydrogen-bond acceptors (Lipinski definition) is 7. The number of primary amides is 1. The molecule has 0 saturated carbocycles. The molecule has 0 aliphatic carbocycles. The third-order valence-corrected chi connectivity index (χ3v) is 5.14. The monoisotopic (exact) mass is 440 g/mol. The molecule has 32 heavy (non-hydrogen) atoms. The molecule has 1 aliphatic heterocycles. The smallest absolute Gasteiger partial charge is 0.341 e. The van der Waals surface area contributed by atoms with E-state index in [4.69, 9.17) is 10.5 Å². The summed E-state index contributed by atoms with van der Waals surface area (Å²) in [5, 5.41) is 11.2. The molecule has 168 valence electrons. The van der Waals surface area contributed by atoms with Crippen molar-refractivity contribution in [1.82, 2.24) is 0 Å². The molecule has 0 unspecified atom stereocenters. The molecule has 3 rings (SSSR count). The van der Waals surface area contributed by atoms with E-state index in [0.29, 0.717) is 11.4 Å². The number of anilines is 2. The van der Waals surface area contributed by atoms with E-state index in [0.717, 1.165) is 25.9 Å². The van der Waals surface area contributed by atoms with Crippen LogP contribution < -0.4 is 15.5 Å². The number of esters is 1. The summed E-state index contributed by atoms with van der Waals surface area (Å²) in [6.45, 7) is 0.901. The van der Waals surface area contributed by atoms with Crippen LogP contribution >= 0.6 is 0 Å². The Hall–Kier alpha value is -3.95. The predicted octanol–water partition coefficient (Wildman–Crippen LogP) is 2.26. The Bertz CT molecular complexity index is 1000. The molecule has 1 aliphatic rings. The first-order valence-electron chi connectivity index (χ1n) is 10.2. The van der Waals surface area contributed by atoms with Crippen molar-refractivity contribution in [1.29, 1.82) is 0 Å². The summed E-state index contributed by atoms with van der Waals surface area (Å²) < 4.78 is 5.24. The zero-order valence-corrected chi connectivity index (χ0v) is 17.4. The number of amides is 2. The summed E-state index contributed by atoms with van der Waals surface area (Å²) in [5.41, 5.74) is 6.08. The average molecular weight is 440 g/mol. The van der Waals surface area contributed by atoms with Crippen LogP contribution in [0.25, 0.3) is 0 Å². The van der Waals surface area contributed by atoms with Crippen molar-refractivity contribution in [2.24, 2.45) is 5.73 Å². The van der Waals surface area contributed by atoms with Crippen LogP contribution in [-0.2, 0) is 14.3 Å². The number of rotatable bonds is 9. The van der Waals surface area contributed by atoms with Gasteiger partial charge in [0.2, 0.25) is 5.91 Å². The maximum Gasteiger partial charge on any atom is 0.341 e. The number of nitrogens with two attached hydrogens (primary N) is 1. The van der Waals surface area contributed by atoms with Gasteiger partial charge in [-0.1, -0.05) is 18.2 Å². The molecule has 0 bridgehead atoms. The Balaban J connectivity index is 1.77. The molecule has 2 N–H and O–H groups in total. The fourth-order valence-electron chi connectivity index (χ4n) is 3.55. The van der Waals surface area contributed by atoms with Crippen LogP contribution in [0.1, 0.15) is 29.6 Å². The summed E-state index contributed by atoms with van der Waals surface area (Å²) in [5.74, 6) is -1.94. The quantitative estimate of drug-likeness (QED) is 0.359. The number of nitro benzene ring substituents is 1. The fraction of sp³-hybridized carbons (Fsp3) is 0.318. The minimum Gasteiger partial charge on any atom is -0.452 e. The van der Waals surface area contributed by atoms with Gasteiger partial charge in [-0.25, -0.2) is 4.79 Å². The molecule has 2 aromatic rings. The Kier molecular flexibility index (Phi) is 7.37. The van der Waals surface area contributed by atoms with Crippen molar-refractivity contribution < 1.29 is 24.0 Å². The molecule has 10 heteroatoms. The lowest BCUT2D eigenvalue weighted by molar-refractivity contribution is -0.384. The van der Waals surface area contributed by atoms with E-state index in [1.165, 1.54) is 23.1 Å². The number of non-ortho nitro benzene ring substituents is 1. The number of hydrogen-bond donors (Lipinski definition) is 1. The molecule has 0 atom stereocenters. The standard InChI is InChI=1S/C22H24N4O6/c23-20(27)10-13-25(16-6-2-1-3-7-16)21(28)15-32-22(29)18-14-17(26(30)31)8-9-19(18)24-11-4-5-12-24/h1-3,6-9,14H,4-5,10-13,15H2,(H2,23,27). The van der Waals surface area contributed by atoms with Gasteiger partial charge in [0.25, 0.3) is 11.6 Å². The number of ether oxygens (including phenoxy) is 1. The topological polar surface area (TPSA) is 136 Å². The largest absolute Gasteiger partial charge is 0.452 e. The number of carbonyl (C=O) groups excluding carboxylic acids is 3. The Morgan fingerprint density at radius 2 is 1.78 bits per heavy atom. The van der Waals surface area contributed by atoms with Gasteiger partial charge in [-0.05, 0) is 31.0 Å². The van der Waals surface area contributed by atoms with E-state index >= 15 is 0 Å². The van der Waals surface area contributed by atoms with Gasteiger partial charge in [-0.15, -0.1) is 0 Å². The van der Waals surface area contributed by atoms with Crippen LogP contribution in [0.2, 0.25) is 0 Å². The van der Waals surface area contributed by atoms with Crippen molar-refractivity contribution in [3.05, 3.63) is 64.2 Å². The van der Waals surface area contributed by atoms with Crippen molar-refractivity contribution >= 4 is 34.8 Å². The maximum atomic E-state index is 12.8. The van der Waals surface area contributed by atoms with Crippen molar-refractivity contribution in [2.45, 2.75) is 19.3 Å². The molecular formula is C22H24N4O6. The van der Waals surface area contributed by atoms with Gasteiger partial charge >= 0.3 is 5.97 Å².